The average molecular weight is 241 g/mol. The van der Waals surface area contributed by atoms with Gasteiger partial charge in [0.2, 0.25) is 0 Å². The number of phenolic OH excluding ortho intramolecular Hbond substituents is 1. The van der Waals surface area contributed by atoms with Crippen LogP contribution in [0.2, 0.25) is 0 Å². The molecule has 1 aromatic rings. The van der Waals surface area contributed by atoms with Crippen LogP contribution in [0.15, 0.2) is 12.1 Å². The first kappa shape index (κ1) is 13.6. The molecule has 1 aromatic carbocycles. The lowest BCUT2D eigenvalue weighted by atomic mass is 10.0. The molecule has 0 radical (unpaired) electrons. The monoisotopic (exact) mass is 241 g/mol. The standard InChI is InChI=1S/C12H19NO4/c1-16-10-6-8(15)7-11(17-2)12(10)9(13)4-3-5-14/h6-7,9,14-15H,3-5,13H2,1-2H3/t9-/m1/s1. The molecular formula is C12H19NO4. The summed E-state index contributed by atoms with van der Waals surface area (Å²) in [4.78, 5) is 0. The van der Waals surface area contributed by atoms with Crippen molar-refractivity contribution in [2.75, 3.05) is 20.8 Å². The van der Waals surface area contributed by atoms with Gasteiger partial charge in [0.1, 0.15) is 17.2 Å². The highest BCUT2D eigenvalue weighted by Crippen LogP contribution is 2.38. The Morgan fingerprint density at radius 3 is 2.18 bits per heavy atom. The van der Waals surface area contributed by atoms with Crippen molar-refractivity contribution in [3.63, 3.8) is 0 Å². The number of nitrogens with two attached hydrogens (primary N) is 1. The lowest BCUT2D eigenvalue weighted by Crippen LogP contribution is -2.13. The molecule has 17 heavy (non-hydrogen) atoms. The van der Waals surface area contributed by atoms with Crippen LogP contribution in [-0.2, 0) is 0 Å². The lowest BCUT2D eigenvalue weighted by Gasteiger charge is -2.19. The quantitative estimate of drug-likeness (QED) is 0.696. The van der Waals surface area contributed by atoms with E-state index < -0.39 is 0 Å². The summed E-state index contributed by atoms with van der Waals surface area (Å²) in [7, 11) is 3.02. The zero-order valence-corrected chi connectivity index (χ0v) is 10.1. The molecule has 0 saturated heterocycles. The Kier molecular flexibility index (Phi) is 5.06. The second-order valence-corrected chi connectivity index (χ2v) is 3.74. The van der Waals surface area contributed by atoms with Gasteiger partial charge < -0.3 is 25.4 Å². The predicted molar refractivity (Wildman–Crippen MR) is 64.5 cm³/mol. The minimum atomic E-state index is -0.298. The summed E-state index contributed by atoms with van der Waals surface area (Å²) in [5.41, 5.74) is 6.74. The number of aliphatic hydroxyl groups excluding tert-OH is 1. The van der Waals surface area contributed by atoms with E-state index in [2.05, 4.69) is 0 Å². The minimum Gasteiger partial charge on any atom is -0.508 e. The maximum absolute atomic E-state index is 9.50. The maximum atomic E-state index is 9.50. The van der Waals surface area contributed by atoms with Crippen molar-refractivity contribution in [1.82, 2.24) is 0 Å². The smallest absolute Gasteiger partial charge is 0.131 e. The van der Waals surface area contributed by atoms with Crippen LogP contribution in [0.4, 0.5) is 0 Å². The summed E-state index contributed by atoms with van der Waals surface area (Å²) in [5.74, 6) is 1.05. The van der Waals surface area contributed by atoms with Crippen molar-refractivity contribution in [3.05, 3.63) is 17.7 Å². The van der Waals surface area contributed by atoms with Crippen molar-refractivity contribution in [3.8, 4) is 17.2 Å². The van der Waals surface area contributed by atoms with Crippen LogP contribution in [-0.4, -0.2) is 31.0 Å². The van der Waals surface area contributed by atoms with Crippen molar-refractivity contribution in [1.29, 1.82) is 0 Å². The van der Waals surface area contributed by atoms with E-state index in [0.29, 0.717) is 29.9 Å². The van der Waals surface area contributed by atoms with Crippen LogP contribution in [0.3, 0.4) is 0 Å². The van der Waals surface area contributed by atoms with E-state index in [0.717, 1.165) is 0 Å². The van der Waals surface area contributed by atoms with Crippen molar-refractivity contribution < 1.29 is 19.7 Å². The second kappa shape index (κ2) is 6.32. The summed E-state index contributed by atoms with van der Waals surface area (Å²) >= 11 is 0. The third-order valence-corrected chi connectivity index (χ3v) is 2.57. The summed E-state index contributed by atoms with van der Waals surface area (Å²) < 4.78 is 10.4. The molecule has 0 aliphatic rings. The molecule has 1 rings (SSSR count). The molecule has 0 saturated carbocycles. The van der Waals surface area contributed by atoms with Gasteiger partial charge in [0.15, 0.2) is 0 Å². The van der Waals surface area contributed by atoms with Crippen LogP contribution >= 0.6 is 0 Å². The first-order valence-corrected chi connectivity index (χ1v) is 5.45. The molecule has 0 heterocycles. The molecule has 5 nitrogen and oxygen atoms in total. The van der Waals surface area contributed by atoms with Gasteiger partial charge >= 0.3 is 0 Å². The molecule has 1 atom stereocenters. The van der Waals surface area contributed by atoms with E-state index in [4.69, 9.17) is 20.3 Å². The molecule has 96 valence electrons. The highest BCUT2D eigenvalue weighted by Gasteiger charge is 2.18. The Morgan fingerprint density at radius 1 is 1.24 bits per heavy atom. The SMILES string of the molecule is COc1cc(O)cc(OC)c1[C@H](N)CCCO. The van der Waals surface area contributed by atoms with Gasteiger partial charge in [0.25, 0.3) is 0 Å². The number of hydrogen-bond acceptors (Lipinski definition) is 5. The van der Waals surface area contributed by atoms with Gasteiger partial charge in [-0.25, -0.2) is 0 Å². The summed E-state index contributed by atoms with van der Waals surface area (Å²) in [6, 6.07) is 2.69. The third-order valence-electron chi connectivity index (χ3n) is 2.57. The Hall–Kier alpha value is -1.46. The van der Waals surface area contributed by atoms with Gasteiger partial charge in [0.05, 0.1) is 19.8 Å². The maximum Gasteiger partial charge on any atom is 0.131 e. The average Bonchev–Trinajstić information content (AvgIpc) is 2.34. The van der Waals surface area contributed by atoms with Gasteiger partial charge in [-0.15, -0.1) is 0 Å². The molecule has 0 bridgehead atoms. The Morgan fingerprint density at radius 2 is 1.76 bits per heavy atom. The first-order chi connectivity index (χ1) is 8.13. The van der Waals surface area contributed by atoms with Crippen molar-refractivity contribution in [2.24, 2.45) is 5.73 Å². The first-order valence-electron chi connectivity index (χ1n) is 5.45. The van der Waals surface area contributed by atoms with Crippen molar-refractivity contribution in [2.45, 2.75) is 18.9 Å². The van der Waals surface area contributed by atoms with E-state index >= 15 is 0 Å². The molecule has 0 spiro atoms. The normalized spacial score (nSPS) is 12.2. The minimum absolute atomic E-state index is 0.0665. The number of aromatic hydroxyl groups is 1. The van der Waals surface area contributed by atoms with Crippen LogP contribution < -0.4 is 15.2 Å². The number of ether oxygens (including phenoxy) is 2. The Labute approximate surface area is 101 Å². The molecule has 0 amide bonds. The van der Waals surface area contributed by atoms with E-state index in [1.54, 1.807) is 0 Å². The third kappa shape index (κ3) is 3.25. The molecule has 0 aliphatic carbocycles. The van der Waals surface area contributed by atoms with Gasteiger partial charge in [-0.05, 0) is 12.8 Å². The number of methoxy groups -OCH3 is 2. The molecule has 4 N–H and O–H groups in total. The van der Waals surface area contributed by atoms with Gasteiger partial charge in [0, 0.05) is 24.8 Å². The number of hydrogen-bond donors (Lipinski definition) is 3. The number of aliphatic hydroxyl groups is 1. The number of rotatable bonds is 6. The topological polar surface area (TPSA) is 84.9 Å². The Bertz CT molecular complexity index is 343. The summed E-state index contributed by atoms with van der Waals surface area (Å²) in [5, 5.41) is 18.3. The lowest BCUT2D eigenvalue weighted by molar-refractivity contribution is 0.278. The fourth-order valence-electron chi connectivity index (χ4n) is 1.75. The molecule has 5 heteroatoms. The molecule has 0 aliphatic heterocycles. The van der Waals surface area contributed by atoms with Crippen molar-refractivity contribution >= 4 is 0 Å². The van der Waals surface area contributed by atoms with E-state index in [1.165, 1.54) is 26.4 Å². The van der Waals surface area contributed by atoms with Crippen LogP contribution in [0.1, 0.15) is 24.4 Å². The van der Waals surface area contributed by atoms with E-state index in [1.807, 2.05) is 0 Å². The predicted octanol–water partition coefficient (Wildman–Crippen LogP) is 1.18. The largest absolute Gasteiger partial charge is 0.508 e. The van der Waals surface area contributed by atoms with E-state index in [9.17, 15) is 5.11 Å². The van der Waals surface area contributed by atoms with Crippen LogP contribution in [0.5, 0.6) is 17.2 Å². The molecule has 0 aromatic heterocycles. The van der Waals surface area contributed by atoms with Gasteiger partial charge in [-0.3, -0.25) is 0 Å². The number of phenols is 1. The fraction of sp³-hybridized carbons (Fsp3) is 0.500. The highest BCUT2D eigenvalue weighted by molar-refractivity contribution is 5.51. The summed E-state index contributed by atoms with van der Waals surface area (Å²) in [6.45, 7) is 0.0937. The molecule has 0 unspecified atom stereocenters. The second-order valence-electron chi connectivity index (χ2n) is 3.74. The molecular weight excluding hydrogens is 222 g/mol. The molecule has 0 fully saturated rings. The number of benzene rings is 1. The zero-order chi connectivity index (χ0) is 12.8. The van der Waals surface area contributed by atoms with Crippen LogP contribution in [0.25, 0.3) is 0 Å². The van der Waals surface area contributed by atoms with E-state index in [-0.39, 0.29) is 18.4 Å². The van der Waals surface area contributed by atoms with Gasteiger partial charge in [-0.2, -0.15) is 0 Å². The van der Waals surface area contributed by atoms with Gasteiger partial charge in [-0.1, -0.05) is 0 Å². The fourth-order valence-corrected chi connectivity index (χ4v) is 1.75. The van der Waals surface area contributed by atoms with Crippen LogP contribution in [0, 0.1) is 0 Å². The Balaban J connectivity index is 3.09. The highest BCUT2D eigenvalue weighted by atomic mass is 16.5. The zero-order valence-electron chi connectivity index (χ0n) is 10.1. The summed E-state index contributed by atoms with van der Waals surface area (Å²) in [6.07, 6.45) is 1.22.